The molecule has 0 unspecified atom stereocenters. The van der Waals surface area contributed by atoms with Crippen molar-refractivity contribution in [3.05, 3.63) is 59.3 Å². The molecule has 0 fully saturated rings. The zero-order valence-corrected chi connectivity index (χ0v) is 16.9. The number of amides is 1. The van der Waals surface area contributed by atoms with Crippen LogP contribution in [-0.2, 0) is 12.6 Å². The SMILES string of the molecule is CC(C)CCNC(=O)c1cccnc1SCCCc1cccc(C(F)(F)F)c1. The van der Waals surface area contributed by atoms with Crippen molar-refractivity contribution in [2.45, 2.75) is 44.3 Å². The molecule has 0 aliphatic rings. The van der Waals surface area contributed by atoms with Gasteiger partial charge in [0.15, 0.2) is 0 Å². The number of nitrogens with zero attached hydrogens (tertiary/aromatic N) is 1. The molecule has 3 nitrogen and oxygen atoms in total. The Morgan fingerprint density at radius 1 is 1.21 bits per heavy atom. The van der Waals surface area contributed by atoms with E-state index in [0.717, 1.165) is 12.5 Å². The third-order valence-corrected chi connectivity index (χ3v) is 5.22. The van der Waals surface area contributed by atoms with Gasteiger partial charge >= 0.3 is 6.18 Å². The van der Waals surface area contributed by atoms with Gasteiger partial charge < -0.3 is 5.32 Å². The third-order valence-electron chi connectivity index (χ3n) is 4.13. The molecule has 28 heavy (non-hydrogen) atoms. The second-order valence-corrected chi connectivity index (χ2v) is 8.03. The van der Waals surface area contributed by atoms with E-state index in [0.29, 0.717) is 47.2 Å². The van der Waals surface area contributed by atoms with Crippen LogP contribution in [0.5, 0.6) is 0 Å². The Morgan fingerprint density at radius 3 is 2.71 bits per heavy atom. The van der Waals surface area contributed by atoms with Gasteiger partial charge in [-0.1, -0.05) is 32.0 Å². The summed E-state index contributed by atoms with van der Waals surface area (Å²) in [7, 11) is 0. The number of nitrogens with one attached hydrogen (secondary N) is 1. The molecular weight excluding hydrogens is 385 g/mol. The van der Waals surface area contributed by atoms with Crippen molar-refractivity contribution in [2.24, 2.45) is 5.92 Å². The van der Waals surface area contributed by atoms with Gasteiger partial charge in [0.2, 0.25) is 0 Å². The number of carbonyl (C=O) groups excluding carboxylic acids is 1. The number of thioether (sulfide) groups is 1. The summed E-state index contributed by atoms with van der Waals surface area (Å²) in [6.45, 7) is 4.81. The lowest BCUT2D eigenvalue weighted by Crippen LogP contribution is -2.26. The fraction of sp³-hybridized carbons (Fsp3) is 0.429. The zero-order valence-electron chi connectivity index (χ0n) is 16.1. The van der Waals surface area contributed by atoms with E-state index in [2.05, 4.69) is 24.1 Å². The minimum atomic E-state index is -4.32. The smallest absolute Gasteiger partial charge is 0.352 e. The number of hydrogen-bond acceptors (Lipinski definition) is 3. The number of hydrogen-bond donors (Lipinski definition) is 1. The summed E-state index contributed by atoms with van der Waals surface area (Å²) in [5.74, 6) is 1.03. The molecule has 1 amide bonds. The Kier molecular flexibility index (Phi) is 8.35. The molecule has 0 aliphatic carbocycles. The van der Waals surface area contributed by atoms with E-state index in [1.165, 1.54) is 23.9 Å². The quantitative estimate of drug-likeness (QED) is 0.432. The Labute approximate surface area is 168 Å². The van der Waals surface area contributed by atoms with Crippen LogP contribution in [0, 0.1) is 5.92 Å². The number of alkyl halides is 3. The molecule has 0 atom stereocenters. The Balaban J connectivity index is 1.87. The van der Waals surface area contributed by atoms with Gasteiger partial charge in [0.05, 0.1) is 11.1 Å². The van der Waals surface area contributed by atoms with Crippen molar-refractivity contribution in [1.29, 1.82) is 0 Å². The highest BCUT2D eigenvalue weighted by Gasteiger charge is 2.30. The summed E-state index contributed by atoms with van der Waals surface area (Å²) in [6, 6.07) is 8.88. The minimum Gasteiger partial charge on any atom is -0.352 e. The summed E-state index contributed by atoms with van der Waals surface area (Å²) in [6.07, 6.45) is -0.543. The lowest BCUT2D eigenvalue weighted by atomic mass is 10.1. The average molecular weight is 411 g/mol. The molecular formula is C21H25F3N2OS. The summed E-state index contributed by atoms with van der Waals surface area (Å²) >= 11 is 1.45. The molecule has 152 valence electrons. The van der Waals surface area contributed by atoms with Crippen molar-refractivity contribution >= 4 is 17.7 Å². The first-order valence-electron chi connectivity index (χ1n) is 9.29. The number of pyridine rings is 1. The molecule has 0 saturated heterocycles. The maximum Gasteiger partial charge on any atom is 0.416 e. The normalized spacial score (nSPS) is 11.6. The van der Waals surface area contributed by atoms with Crippen LogP contribution >= 0.6 is 11.8 Å². The molecule has 7 heteroatoms. The summed E-state index contributed by atoms with van der Waals surface area (Å²) in [5, 5.41) is 3.56. The number of benzene rings is 1. The van der Waals surface area contributed by atoms with Gasteiger partial charge in [-0.05, 0) is 54.7 Å². The zero-order chi connectivity index (χ0) is 20.6. The average Bonchev–Trinajstić information content (AvgIpc) is 2.65. The topological polar surface area (TPSA) is 42.0 Å². The van der Waals surface area contributed by atoms with Crippen LogP contribution < -0.4 is 5.32 Å². The van der Waals surface area contributed by atoms with E-state index in [4.69, 9.17) is 0 Å². The van der Waals surface area contributed by atoms with E-state index >= 15 is 0 Å². The Hall–Kier alpha value is -2.02. The van der Waals surface area contributed by atoms with E-state index in [-0.39, 0.29) is 5.91 Å². The maximum absolute atomic E-state index is 12.8. The van der Waals surface area contributed by atoms with Crippen LogP contribution in [0.2, 0.25) is 0 Å². The molecule has 0 saturated carbocycles. The first kappa shape index (κ1) is 22.3. The standard InChI is InChI=1S/C21H25F3N2OS/c1-15(2)10-12-25-19(27)18-9-4-11-26-20(18)28-13-5-7-16-6-3-8-17(14-16)21(22,23)24/h3-4,6,8-9,11,14-15H,5,7,10,12-13H2,1-2H3,(H,25,27). The van der Waals surface area contributed by atoms with Crippen molar-refractivity contribution < 1.29 is 18.0 Å². The first-order chi connectivity index (χ1) is 13.3. The monoisotopic (exact) mass is 410 g/mol. The van der Waals surface area contributed by atoms with Crippen molar-refractivity contribution in [1.82, 2.24) is 10.3 Å². The molecule has 1 aromatic carbocycles. The van der Waals surface area contributed by atoms with Crippen LogP contribution in [0.1, 0.15) is 48.2 Å². The molecule has 1 N–H and O–H groups in total. The van der Waals surface area contributed by atoms with Crippen LogP contribution in [0.3, 0.4) is 0 Å². The Bertz CT molecular complexity index is 778. The third kappa shape index (κ3) is 7.19. The van der Waals surface area contributed by atoms with Gasteiger partial charge in [-0.3, -0.25) is 4.79 Å². The number of aryl methyl sites for hydroxylation is 1. The molecule has 0 aliphatic heterocycles. The number of carbonyl (C=O) groups is 1. The minimum absolute atomic E-state index is 0.144. The summed E-state index contributed by atoms with van der Waals surface area (Å²) in [4.78, 5) is 16.6. The van der Waals surface area contributed by atoms with E-state index in [1.807, 2.05) is 0 Å². The van der Waals surface area contributed by atoms with Crippen molar-refractivity contribution in [2.75, 3.05) is 12.3 Å². The maximum atomic E-state index is 12.8. The van der Waals surface area contributed by atoms with E-state index in [9.17, 15) is 18.0 Å². The van der Waals surface area contributed by atoms with Gasteiger partial charge in [-0.2, -0.15) is 13.2 Å². The predicted octanol–water partition coefficient (Wildman–Crippen LogP) is 5.60. The summed E-state index contributed by atoms with van der Waals surface area (Å²) < 4.78 is 38.3. The van der Waals surface area contributed by atoms with E-state index < -0.39 is 11.7 Å². The molecule has 2 aromatic rings. The number of aromatic nitrogens is 1. The van der Waals surface area contributed by atoms with Crippen LogP contribution in [0.4, 0.5) is 13.2 Å². The molecule has 2 rings (SSSR count). The fourth-order valence-electron chi connectivity index (χ4n) is 2.60. The highest BCUT2D eigenvalue weighted by molar-refractivity contribution is 7.99. The van der Waals surface area contributed by atoms with Crippen LogP contribution in [0.15, 0.2) is 47.6 Å². The van der Waals surface area contributed by atoms with Gasteiger partial charge in [0.25, 0.3) is 5.91 Å². The van der Waals surface area contributed by atoms with E-state index in [1.54, 1.807) is 24.4 Å². The van der Waals surface area contributed by atoms with Gasteiger partial charge in [0.1, 0.15) is 5.03 Å². The first-order valence-corrected chi connectivity index (χ1v) is 10.3. The van der Waals surface area contributed by atoms with Gasteiger partial charge in [-0.25, -0.2) is 4.98 Å². The van der Waals surface area contributed by atoms with Crippen LogP contribution in [-0.4, -0.2) is 23.2 Å². The van der Waals surface area contributed by atoms with Crippen LogP contribution in [0.25, 0.3) is 0 Å². The molecule has 1 heterocycles. The van der Waals surface area contributed by atoms with Crippen molar-refractivity contribution in [3.8, 4) is 0 Å². The van der Waals surface area contributed by atoms with Gasteiger partial charge in [0, 0.05) is 12.7 Å². The lowest BCUT2D eigenvalue weighted by molar-refractivity contribution is -0.137. The number of rotatable bonds is 9. The fourth-order valence-corrected chi connectivity index (χ4v) is 3.53. The summed E-state index contributed by atoms with van der Waals surface area (Å²) in [5.41, 5.74) is 0.571. The lowest BCUT2D eigenvalue weighted by Gasteiger charge is -2.10. The van der Waals surface area contributed by atoms with Crippen molar-refractivity contribution in [3.63, 3.8) is 0 Å². The largest absolute Gasteiger partial charge is 0.416 e. The molecule has 1 aromatic heterocycles. The molecule has 0 radical (unpaired) electrons. The second-order valence-electron chi connectivity index (χ2n) is 6.94. The van der Waals surface area contributed by atoms with Gasteiger partial charge in [-0.15, -0.1) is 11.8 Å². The number of halogens is 3. The highest BCUT2D eigenvalue weighted by Crippen LogP contribution is 2.30. The highest BCUT2D eigenvalue weighted by atomic mass is 32.2. The Morgan fingerprint density at radius 2 is 2.00 bits per heavy atom. The molecule has 0 bridgehead atoms. The second kappa shape index (κ2) is 10.5. The predicted molar refractivity (Wildman–Crippen MR) is 107 cm³/mol. The molecule has 0 spiro atoms.